The predicted molar refractivity (Wildman–Crippen MR) is 114 cm³/mol. The molecule has 0 fully saturated rings. The van der Waals surface area contributed by atoms with Crippen molar-refractivity contribution in [2.24, 2.45) is 0 Å². The zero-order chi connectivity index (χ0) is 18.7. The molecular weight excluding hydrogens is 342 g/mol. The highest BCUT2D eigenvalue weighted by atomic mass is 16.1. The molecule has 2 aromatic carbocycles. The van der Waals surface area contributed by atoms with Crippen molar-refractivity contribution in [3.05, 3.63) is 119 Å². The van der Waals surface area contributed by atoms with Crippen LogP contribution < -0.4 is 4.90 Å². The van der Waals surface area contributed by atoms with Gasteiger partial charge in [0.15, 0.2) is 5.78 Å². The van der Waals surface area contributed by atoms with Crippen LogP contribution in [0.5, 0.6) is 0 Å². The van der Waals surface area contributed by atoms with Crippen molar-refractivity contribution in [3.8, 4) is 0 Å². The van der Waals surface area contributed by atoms with E-state index in [-0.39, 0.29) is 5.78 Å². The highest BCUT2D eigenvalue weighted by molar-refractivity contribution is 6.28. The van der Waals surface area contributed by atoms with E-state index >= 15 is 0 Å². The van der Waals surface area contributed by atoms with Gasteiger partial charge in [-0.25, -0.2) is 0 Å². The van der Waals surface area contributed by atoms with E-state index in [9.17, 15) is 4.79 Å². The molecule has 0 radical (unpaired) electrons. The van der Waals surface area contributed by atoms with Gasteiger partial charge >= 0.3 is 0 Å². The van der Waals surface area contributed by atoms with Crippen LogP contribution in [0, 0.1) is 0 Å². The number of hydrogen-bond donors (Lipinski definition) is 0. The maximum absolute atomic E-state index is 13.1. The maximum Gasteiger partial charge on any atom is 0.167 e. The Bertz CT molecular complexity index is 1250. The Morgan fingerprint density at radius 1 is 0.821 bits per heavy atom. The topological polar surface area (TPSA) is 20.3 Å². The molecular formula is C26H17NO. The molecule has 6 rings (SSSR count). The largest absolute Gasteiger partial charge is 0.315 e. The summed E-state index contributed by atoms with van der Waals surface area (Å²) in [4.78, 5) is 15.4. The van der Waals surface area contributed by atoms with Crippen molar-refractivity contribution >= 4 is 28.7 Å². The second-order valence-electron chi connectivity index (χ2n) is 7.31. The first-order chi connectivity index (χ1) is 13.8. The van der Waals surface area contributed by atoms with Crippen LogP contribution in [0.2, 0.25) is 0 Å². The smallest absolute Gasteiger partial charge is 0.167 e. The Kier molecular flexibility index (Phi) is 3.12. The lowest BCUT2D eigenvalue weighted by molar-refractivity contribution is -0.113. The lowest BCUT2D eigenvalue weighted by Gasteiger charge is -2.29. The number of allylic oxidation sites excluding steroid dienone is 8. The van der Waals surface area contributed by atoms with Crippen molar-refractivity contribution in [1.29, 1.82) is 0 Å². The normalized spacial score (nSPS) is 18.8. The third-order valence-electron chi connectivity index (χ3n) is 5.77. The minimum Gasteiger partial charge on any atom is -0.315 e. The summed E-state index contributed by atoms with van der Waals surface area (Å²) in [6.45, 7) is 0. The van der Waals surface area contributed by atoms with Gasteiger partial charge in [-0.3, -0.25) is 4.79 Å². The van der Waals surface area contributed by atoms with Gasteiger partial charge in [0, 0.05) is 29.3 Å². The monoisotopic (exact) mass is 359 g/mol. The molecule has 0 bridgehead atoms. The molecule has 2 aliphatic carbocycles. The molecule has 0 spiro atoms. The molecule has 0 N–H and O–H groups in total. The molecule has 0 saturated heterocycles. The summed E-state index contributed by atoms with van der Waals surface area (Å²) in [6.07, 6.45) is 15.3. The van der Waals surface area contributed by atoms with Crippen molar-refractivity contribution < 1.29 is 4.79 Å². The van der Waals surface area contributed by atoms with Gasteiger partial charge in [-0.05, 0) is 34.4 Å². The van der Waals surface area contributed by atoms with Gasteiger partial charge in [0.25, 0.3) is 0 Å². The number of carbonyl (C=O) groups excluding carboxylic acids is 1. The molecule has 28 heavy (non-hydrogen) atoms. The summed E-state index contributed by atoms with van der Waals surface area (Å²) < 4.78 is 0. The van der Waals surface area contributed by atoms with Crippen LogP contribution in [0.1, 0.15) is 23.1 Å². The number of para-hydroxylation sites is 1. The number of Topliss-reactive ketones (excluding diaryl/α,β-unsaturated/α-hetero) is 1. The average Bonchev–Trinajstić information content (AvgIpc) is 2.98. The Morgan fingerprint density at radius 2 is 1.64 bits per heavy atom. The van der Waals surface area contributed by atoms with E-state index in [2.05, 4.69) is 77.9 Å². The summed E-state index contributed by atoms with van der Waals surface area (Å²) in [7, 11) is 0. The number of hydrogen-bond acceptors (Lipinski definition) is 2. The zero-order valence-electron chi connectivity index (χ0n) is 15.2. The van der Waals surface area contributed by atoms with E-state index in [1.165, 1.54) is 5.56 Å². The number of carbonyl (C=O) groups is 1. The predicted octanol–water partition coefficient (Wildman–Crippen LogP) is 5.68. The minimum atomic E-state index is 0.182. The summed E-state index contributed by atoms with van der Waals surface area (Å²) in [6, 6.07) is 16.7. The van der Waals surface area contributed by atoms with E-state index in [1.807, 2.05) is 18.2 Å². The number of ketones is 1. The van der Waals surface area contributed by atoms with Crippen LogP contribution in [0.25, 0.3) is 17.2 Å². The molecule has 2 aliphatic heterocycles. The Labute approximate surface area is 163 Å². The molecule has 2 aromatic rings. The number of anilines is 1. The van der Waals surface area contributed by atoms with Crippen molar-refractivity contribution in [3.63, 3.8) is 0 Å². The molecule has 0 aromatic heterocycles. The molecule has 2 heteroatoms. The average molecular weight is 359 g/mol. The highest BCUT2D eigenvalue weighted by Gasteiger charge is 2.34. The fourth-order valence-electron chi connectivity index (χ4n) is 4.59. The van der Waals surface area contributed by atoms with Crippen molar-refractivity contribution in [2.45, 2.75) is 6.42 Å². The fourth-order valence-corrected chi connectivity index (χ4v) is 4.59. The number of fused-ring (bicyclic) bond motifs is 6. The number of nitrogens with zero attached hydrogens (tertiary/aromatic N) is 1. The summed E-state index contributed by atoms with van der Waals surface area (Å²) >= 11 is 0. The second kappa shape index (κ2) is 5.67. The first-order valence-electron chi connectivity index (χ1n) is 9.56. The van der Waals surface area contributed by atoms with E-state index in [0.29, 0.717) is 6.42 Å². The molecule has 0 saturated carbocycles. The van der Waals surface area contributed by atoms with E-state index in [4.69, 9.17) is 0 Å². The quantitative estimate of drug-likeness (QED) is 0.603. The van der Waals surface area contributed by atoms with Crippen LogP contribution in [0.15, 0.2) is 102 Å². The number of rotatable bonds is 0. The highest BCUT2D eigenvalue weighted by Crippen LogP contribution is 2.49. The third kappa shape index (κ3) is 2.00. The summed E-state index contributed by atoms with van der Waals surface area (Å²) in [5.74, 6) is 0.182. The molecule has 4 aliphatic rings. The minimum absolute atomic E-state index is 0.182. The van der Waals surface area contributed by atoms with Crippen molar-refractivity contribution in [1.82, 2.24) is 0 Å². The van der Waals surface area contributed by atoms with Gasteiger partial charge in [-0.1, -0.05) is 72.8 Å². The first kappa shape index (κ1) is 15.4. The molecule has 0 amide bonds. The Hall–Kier alpha value is -3.65. The fraction of sp³-hybridized carbons (Fsp3) is 0.0385. The second-order valence-corrected chi connectivity index (χ2v) is 7.31. The number of benzene rings is 2. The van der Waals surface area contributed by atoms with E-state index in [0.717, 1.165) is 44.8 Å². The SMILES string of the molecule is O=C1CC=CC2=C1c1ccccc1N1C=CC=C3C=Cc4ccccc4C2=C31. The maximum atomic E-state index is 13.1. The molecule has 0 unspecified atom stereocenters. The summed E-state index contributed by atoms with van der Waals surface area (Å²) in [5.41, 5.74) is 9.68. The molecule has 2 nitrogen and oxygen atoms in total. The van der Waals surface area contributed by atoms with E-state index in [1.54, 1.807) is 0 Å². The Balaban J connectivity index is 1.82. The standard InChI is InChI=1S/C26H17NO/c28-23-13-5-11-21-24(23)20-10-3-4-12-22(20)27-16-6-8-18-15-14-17-7-1-2-9-19(17)25(21)26(18)27/h1-12,14-16H,13H2. The zero-order valence-corrected chi connectivity index (χ0v) is 15.2. The van der Waals surface area contributed by atoms with E-state index < -0.39 is 0 Å². The molecule has 132 valence electrons. The Morgan fingerprint density at radius 3 is 2.57 bits per heavy atom. The lowest BCUT2D eigenvalue weighted by Crippen LogP contribution is -2.20. The lowest BCUT2D eigenvalue weighted by atomic mass is 9.83. The van der Waals surface area contributed by atoms with Gasteiger partial charge in [0.2, 0.25) is 0 Å². The van der Waals surface area contributed by atoms with Crippen LogP contribution in [-0.2, 0) is 4.79 Å². The first-order valence-corrected chi connectivity index (χ1v) is 9.56. The van der Waals surface area contributed by atoms with Gasteiger partial charge in [0.05, 0.1) is 11.4 Å². The van der Waals surface area contributed by atoms with Crippen molar-refractivity contribution in [2.75, 3.05) is 4.90 Å². The third-order valence-corrected chi connectivity index (χ3v) is 5.77. The van der Waals surface area contributed by atoms with Crippen LogP contribution in [0.4, 0.5) is 5.69 Å². The van der Waals surface area contributed by atoms with Gasteiger partial charge in [-0.2, -0.15) is 0 Å². The van der Waals surface area contributed by atoms with Gasteiger partial charge in [0.1, 0.15) is 0 Å². The van der Waals surface area contributed by atoms with Crippen LogP contribution in [0.3, 0.4) is 0 Å². The molecule has 2 heterocycles. The summed E-state index contributed by atoms with van der Waals surface area (Å²) in [5, 5.41) is 0. The van der Waals surface area contributed by atoms with Crippen LogP contribution >= 0.6 is 0 Å². The van der Waals surface area contributed by atoms with Crippen LogP contribution in [-0.4, -0.2) is 5.78 Å². The van der Waals surface area contributed by atoms with Gasteiger partial charge in [-0.15, -0.1) is 0 Å². The van der Waals surface area contributed by atoms with Gasteiger partial charge < -0.3 is 4.90 Å². The molecule has 0 atom stereocenters.